The van der Waals surface area contributed by atoms with Crippen LogP contribution in [0.1, 0.15) is 24.0 Å². The molecule has 2 amide bonds. The number of anilines is 2. The second-order valence-electron chi connectivity index (χ2n) is 7.30. The number of methoxy groups -OCH3 is 1. The Hall–Kier alpha value is -3.15. The third kappa shape index (κ3) is 3.63. The summed E-state index contributed by atoms with van der Waals surface area (Å²) in [6.07, 6.45) is 1.73. The monoisotopic (exact) mass is 378 g/mol. The SMILES string of the molecule is COc1cccc(CC(=O)N2CCc3ccc(NC(=O)C4CC(=O)C4)cc32)c1. The Morgan fingerprint density at radius 2 is 2.00 bits per heavy atom. The number of hydrogen-bond acceptors (Lipinski definition) is 4. The minimum Gasteiger partial charge on any atom is -0.497 e. The summed E-state index contributed by atoms with van der Waals surface area (Å²) in [6.45, 7) is 0.632. The van der Waals surface area contributed by atoms with Gasteiger partial charge in [0.15, 0.2) is 0 Å². The fraction of sp³-hybridized carbons (Fsp3) is 0.318. The first-order chi connectivity index (χ1) is 13.5. The number of ketones is 1. The Morgan fingerprint density at radius 3 is 2.75 bits per heavy atom. The van der Waals surface area contributed by atoms with E-state index in [0.29, 0.717) is 25.1 Å². The standard InChI is InChI=1S/C22H22N2O4/c1-28-19-4-2-3-14(9-19)10-21(26)24-8-7-15-5-6-17(13-20(15)24)23-22(27)16-11-18(25)12-16/h2-6,9,13,16H,7-8,10-12H2,1H3,(H,23,27). The number of hydrogen-bond donors (Lipinski definition) is 1. The predicted molar refractivity (Wildman–Crippen MR) is 106 cm³/mol. The van der Waals surface area contributed by atoms with E-state index in [1.165, 1.54) is 0 Å². The Labute approximate surface area is 163 Å². The highest BCUT2D eigenvalue weighted by atomic mass is 16.5. The van der Waals surface area contributed by atoms with E-state index in [1.807, 2.05) is 42.5 Å². The lowest BCUT2D eigenvalue weighted by Crippen LogP contribution is -2.34. The van der Waals surface area contributed by atoms with Crippen molar-refractivity contribution in [3.63, 3.8) is 0 Å². The first-order valence-electron chi connectivity index (χ1n) is 9.42. The third-order valence-corrected chi connectivity index (χ3v) is 5.36. The Kier molecular flexibility index (Phi) is 4.86. The summed E-state index contributed by atoms with van der Waals surface area (Å²) in [4.78, 5) is 37.9. The van der Waals surface area contributed by atoms with E-state index in [4.69, 9.17) is 4.74 Å². The number of fused-ring (bicyclic) bond motifs is 1. The topological polar surface area (TPSA) is 75.7 Å². The highest BCUT2D eigenvalue weighted by Gasteiger charge is 2.33. The van der Waals surface area contributed by atoms with Gasteiger partial charge in [0, 0.05) is 30.8 Å². The Morgan fingerprint density at radius 1 is 1.18 bits per heavy atom. The average Bonchev–Trinajstić information content (AvgIpc) is 3.09. The molecule has 2 aliphatic rings. The maximum absolute atomic E-state index is 12.9. The van der Waals surface area contributed by atoms with Crippen LogP contribution >= 0.6 is 0 Å². The van der Waals surface area contributed by atoms with E-state index in [-0.39, 0.29) is 29.9 Å². The van der Waals surface area contributed by atoms with Gasteiger partial charge in [0.1, 0.15) is 11.5 Å². The van der Waals surface area contributed by atoms with E-state index in [9.17, 15) is 14.4 Å². The van der Waals surface area contributed by atoms with Crippen LogP contribution in [0, 0.1) is 5.92 Å². The summed E-state index contributed by atoms with van der Waals surface area (Å²) in [5.74, 6) is 0.508. The van der Waals surface area contributed by atoms with E-state index in [1.54, 1.807) is 12.0 Å². The van der Waals surface area contributed by atoms with Gasteiger partial charge in [-0.3, -0.25) is 14.4 Å². The van der Waals surface area contributed by atoms with Gasteiger partial charge in [-0.25, -0.2) is 0 Å². The maximum Gasteiger partial charge on any atom is 0.231 e. The van der Waals surface area contributed by atoms with Crippen molar-refractivity contribution in [2.45, 2.75) is 25.7 Å². The number of rotatable bonds is 5. The maximum atomic E-state index is 12.9. The van der Waals surface area contributed by atoms with Gasteiger partial charge in [0.25, 0.3) is 0 Å². The molecule has 4 rings (SSSR count). The lowest BCUT2D eigenvalue weighted by Gasteiger charge is -2.23. The molecule has 2 aromatic carbocycles. The molecule has 2 aromatic rings. The van der Waals surface area contributed by atoms with Crippen LogP contribution in [0.15, 0.2) is 42.5 Å². The zero-order chi connectivity index (χ0) is 19.7. The van der Waals surface area contributed by atoms with Crippen molar-refractivity contribution >= 4 is 29.0 Å². The molecule has 0 spiro atoms. The van der Waals surface area contributed by atoms with E-state index < -0.39 is 0 Å². The molecule has 1 fully saturated rings. The molecule has 1 aliphatic carbocycles. The van der Waals surface area contributed by atoms with Gasteiger partial charge in [0.05, 0.1) is 19.4 Å². The van der Waals surface area contributed by atoms with Crippen LogP contribution in [0.4, 0.5) is 11.4 Å². The van der Waals surface area contributed by atoms with Crippen molar-refractivity contribution < 1.29 is 19.1 Å². The van der Waals surface area contributed by atoms with Gasteiger partial charge in [-0.15, -0.1) is 0 Å². The van der Waals surface area contributed by atoms with Gasteiger partial charge < -0.3 is 15.0 Å². The molecule has 0 bridgehead atoms. The predicted octanol–water partition coefficient (Wildman–Crippen LogP) is 2.74. The molecule has 6 heteroatoms. The highest BCUT2D eigenvalue weighted by molar-refractivity contribution is 6.03. The van der Waals surface area contributed by atoms with Crippen LogP contribution in [-0.2, 0) is 27.2 Å². The number of carbonyl (C=O) groups is 3. The molecular weight excluding hydrogens is 356 g/mol. The average molecular weight is 378 g/mol. The zero-order valence-corrected chi connectivity index (χ0v) is 15.7. The molecule has 0 unspecified atom stereocenters. The second kappa shape index (κ2) is 7.46. The van der Waals surface area contributed by atoms with Crippen LogP contribution < -0.4 is 15.0 Å². The normalized spacial score (nSPS) is 15.8. The Bertz CT molecular complexity index is 945. The number of ether oxygens (including phenoxy) is 1. The summed E-state index contributed by atoms with van der Waals surface area (Å²) >= 11 is 0. The Balaban J connectivity index is 1.47. The number of Topliss-reactive ketones (excluding diaryl/α,β-unsaturated/α-hetero) is 1. The largest absolute Gasteiger partial charge is 0.497 e. The van der Waals surface area contributed by atoms with Crippen LogP contribution in [0.2, 0.25) is 0 Å². The van der Waals surface area contributed by atoms with E-state index >= 15 is 0 Å². The van der Waals surface area contributed by atoms with Crippen LogP contribution in [0.3, 0.4) is 0 Å². The van der Waals surface area contributed by atoms with Crippen molar-refractivity contribution in [1.82, 2.24) is 0 Å². The van der Waals surface area contributed by atoms with Crippen molar-refractivity contribution in [1.29, 1.82) is 0 Å². The van der Waals surface area contributed by atoms with Gasteiger partial charge >= 0.3 is 0 Å². The fourth-order valence-electron chi connectivity index (χ4n) is 3.69. The van der Waals surface area contributed by atoms with Gasteiger partial charge in [-0.05, 0) is 41.8 Å². The number of amides is 2. The number of carbonyl (C=O) groups excluding carboxylic acids is 3. The smallest absolute Gasteiger partial charge is 0.231 e. The molecule has 0 radical (unpaired) electrons. The van der Waals surface area contributed by atoms with Crippen molar-refractivity contribution in [3.8, 4) is 5.75 Å². The first-order valence-corrected chi connectivity index (χ1v) is 9.42. The van der Waals surface area contributed by atoms with Crippen molar-refractivity contribution in [3.05, 3.63) is 53.6 Å². The first kappa shape index (κ1) is 18.2. The molecule has 1 aliphatic heterocycles. The van der Waals surface area contributed by atoms with Gasteiger partial charge in [-0.1, -0.05) is 18.2 Å². The highest BCUT2D eigenvalue weighted by Crippen LogP contribution is 2.32. The summed E-state index contributed by atoms with van der Waals surface area (Å²) in [5.41, 5.74) is 3.49. The summed E-state index contributed by atoms with van der Waals surface area (Å²) < 4.78 is 5.22. The van der Waals surface area contributed by atoms with E-state index in [2.05, 4.69) is 5.32 Å². The molecular formula is C22H22N2O4. The number of benzene rings is 2. The quantitative estimate of drug-likeness (QED) is 0.868. The number of nitrogens with zero attached hydrogens (tertiary/aromatic N) is 1. The molecule has 0 saturated heterocycles. The fourth-order valence-corrected chi connectivity index (χ4v) is 3.69. The third-order valence-electron chi connectivity index (χ3n) is 5.36. The minimum atomic E-state index is -0.230. The van der Waals surface area contributed by atoms with Crippen molar-refractivity contribution in [2.24, 2.45) is 5.92 Å². The molecule has 1 heterocycles. The molecule has 1 saturated carbocycles. The van der Waals surface area contributed by atoms with Crippen LogP contribution in [-0.4, -0.2) is 31.3 Å². The van der Waals surface area contributed by atoms with Gasteiger partial charge in [0.2, 0.25) is 11.8 Å². The summed E-state index contributed by atoms with van der Waals surface area (Å²) in [7, 11) is 1.60. The van der Waals surface area contributed by atoms with Crippen LogP contribution in [0.5, 0.6) is 5.75 Å². The van der Waals surface area contributed by atoms with Crippen molar-refractivity contribution in [2.75, 3.05) is 23.9 Å². The lowest BCUT2D eigenvalue weighted by molar-refractivity contribution is -0.135. The molecule has 6 nitrogen and oxygen atoms in total. The second-order valence-corrected chi connectivity index (χ2v) is 7.30. The molecule has 0 atom stereocenters. The summed E-state index contributed by atoms with van der Waals surface area (Å²) in [6, 6.07) is 13.2. The minimum absolute atomic E-state index is 0.0140. The van der Waals surface area contributed by atoms with Crippen LogP contribution in [0.25, 0.3) is 0 Å². The van der Waals surface area contributed by atoms with E-state index in [0.717, 1.165) is 29.0 Å². The molecule has 28 heavy (non-hydrogen) atoms. The lowest BCUT2D eigenvalue weighted by atomic mass is 9.83. The molecule has 144 valence electrons. The van der Waals surface area contributed by atoms with Gasteiger partial charge in [-0.2, -0.15) is 0 Å². The number of nitrogens with one attached hydrogen (secondary N) is 1. The summed E-state index contributed by atoms with van der Waals surface area (Å²) in [5, 5.41) is 2.87. The zero-order valence-electron chi connectivity index (χ0n) is 15.7. The molecule has 0 aromatic heterocycles. The molecule has 1 N–H and O–H groups in total.